The van der Waals surface area contributed by atoms with E-state index in [0.717, 1.165) is 12.8 Å². The lowest BCUT2D eigenvalue weighted by Crippen LogP contribution is -2.35. The summed E-state index contributed by atoms with van der Waals surface area (Å²) in [6.45, 7) is 5.82. The van der Waals surface area contributed by atoms with Crippen LogP contribution in [0.4, 0.5) is 0 Å². The second kappa shape index (κ2) is 3.23. The zero-order valence-electron chi connectivity index (χ0n) is 7.79. The van der Waals surface area contributed by atoms with Gasteiger partial charge in [0.2, 0.25) is 5.89 Å². The molecule has 1 aromatic heterocycles. The Morgan fingerprint density at radius 2 is 2.00 bits per heavy atom. The standard InChI is InChI=1S/C8H15N3O/c1-4-8(9,5-2)7-10-6(3)11-12-7/h4-5,9H2,1-3H3. The van der Waals surface area contributed by atoms with Crippen LogP contribution in [0.15, 0.2) is 4.52 Å². The molecule has 68 valence electrons. The maximum absolute atomic E-state index is 6.03. The van der Waals surface area contributed by atoms with Crippen molar-refractivity contribution in [1.29, 1.82) is 0 Å². The summed E-state index contributed by atoms with van der Waals surface area (Å²) in [5.74, 6) is 1.19. The van der Waals surface area contributed by atoms with Crippen molar-refractivity contribution in [3.63, 3.8) is 0 Å². The highest BCUT2D eigenvalue weighted by molar-refractivity contribution is 5.00. The van der Waals surface area contributed by atoms with E-state index in [-0.39, 0.29) is 0 Å². The molecule has 0 aliphatic heterocycles. The van der Waals surface area contributed by atoms with Crippen molar-refractivity contribution in [2.24, 2.45) is 5.73 Å². The molecule has 0 atom stereocenters. The van der Waals surface area contributed by atoms with Crippen LogP contribution in [-0.4, -0.2) is 10.1 Å². The van der Waals surface area contributed by atoms with Gasteiger partial charge in [0.25, 0.3) is 0 Å². The van der Waals surface area contributed by atoms with Gasteiger partial charge >= 0.3 is 0 Å². The third-order valence-electron chi connectivity index (χ3n) is 2.22. The number of hydrogen-bond donors (Lipinski definition) is 1. The van der Waals surface area contributed by atoms with Gasteiger partial charge in [-0.05, 0) is 19.8 Å². The van der Waals surface area contributed by atoms with E-state index >= 15 is 0 Å². The van der Waals surface area contributed by atoms with Crippen molar-refractivity contribution in [2.45, 2.75) is 39.2 Å². The lowest BCUT2D eigenvalue weighted by Gasteiger charge is -2.20. The Morgan fingerprint density at radius 3 is 2.33 bits per heavy atom. The van der Waals surface area contributed by atoms with Gasteiger partial charge in [-0.1, -0.05) is 19.0 Å². The molecule has 0 saturated carbocycles. The Morgan fingerprint density at radius 1 is 1.42 bits per heavy atom. The number of rotatable bonds is 3. The molecule has 0 aliphatic rings. The van der Waals surface area contributed by atoms with E-state index in [0.29, 0.717) is 11.7 Å². The first-order valence-corrected chi connectivity index (χ1v) is 4.22. The van der Waals surface area contributed by atoms with E-state index in [1.807, 2.05) is 13.8 Å². The monoisotopic (exact) mass is 169 g/mol. The Kier molecular flexibility index (Phi) is 2.47. The van der Waals surface area contributed by atoms with Crippen LogP contribution < -0.4 is 5.73 Å². The van der Waals surface area contributed by atoms with Gasteiger partial charge in [0.15, 0.2) is 5.82 Å². The predicted octanol–water partition coefficient (Wildman–Crippen LogP) is 1.35. The van der Waals surface area contributed by atoms with Gasteiger partial charge in [-0.2, -0.15) is 4.98 Å². The van der Waals surface area contributed by atoms with Gasteiger partial charge in [0.1, 0.15) is 0 Å². The molecule has 0 spiro atoms. The van der Waals surface area contributed by atoms with Crippen LogP contribution in [0, 0.1) is 6.92 Å². The van der Waals surface area contributed by atoms with Gasteiger partial charge in [-0.25, -0.2) is 0 Å². The Hall–Kier alpha value is -0.900. The Labute approximate surface area is 72.1 Å². The predicted molar refractivity (Wildman–Crippen MR) is 45.5 cm³/mol. The molecule has 1 aromatic rings. The number of hydrogen-bond acceptors (Lipinski definition) is 4. The SMILES string of the molecule is CCC(N)(CC)c1nc(C)no1. The minimum absolute atomic E-state index is 0.443. The molecule has 0 radical (unpaired) electrons. The Bertz CT molecular complexity index is 253. The number of aryl methyl sites for hydroxylation is 1. The average molecular weight is 169 g/mol. The fourth-order valence-electron chi connectivity index (χ4n) is 1.05. The molecule has 2 N–H and O–H groups in total. The summed E-state index contributed by atoms with van der Waals surface area (Å²) in [5, 5.41) is 3.71. The summed E-state index contributed by atoms with van der Waals surface area (Å²) < 4.78 is 5.03. The third kappa shape index (κ3) is 1.48. The number of aromatic nitrogens is 2. The molecule has 12 heavy (non-hydrogen) atoms. The van der Waals surface area contributed by atoms with E-state index in [1.165, 1.54) is 0 Å². The summed E-state index contributed by atoms with van der Waals surface area (Å²) >= 11 is 0. The molecule has 0 unspecified atom stereocenters. The number of nitrogens with zero attached hydrogens (tertiary/aromatic N) is 2. The van der Waals surface area contributed by atoms with E-state index in [2.05, 4.69) is 10.1 Å². The van der Waals surface area contributed by atoms with Gasteiger partial charge < -0.3 is 10.3 Å². The molecule has 0 fully saturated rings. The zero-order valence-corrected chi connectivity index (χ0v) is 7.79. The highest BCUT2D eigenvalue weighted by atomic mass is 16.5. The van der Waals surface area contributed by atoms with Crippen LogP contribution in [0.3, 0.4) is 0 Å². The van der Waals surface area contributed by atoms with E-state index in [1.54, 1.807) is 6.92 Å². The van der Waals surface area contributed by atoms with E-state index in [4.69, 9.17) is 10.3 Å². The van der Waals surface area contributed by atoms with Crippen LogP contribution in [0.1, 0.15) is 38.4 Å². The summed E-state index contributed by atoms with van der Waals surface area (Å²) in [5.41, 5.74) is 5.59. The molecule has 1 heterocycles. The fraction of sp³-hybridized carbons (Fsp3) is 0.750. The maximum atomic E-state index is 6.03. The van der Waals surface area contributed by atoms with Crippen molar-refractivity contribution >= 4 is 0 Å². The maximum Gasteiger partial charge on any atom is 0.246 e. The van der Waals surface area contributed by atoms with Crippen LogP contribution in [-0.2, 0) is 5.54 Å². The topological polar surface area (TPSA) is 64.9 Å². The van der Waals surface area contributed by atoms with Crippen molar-refractivity contribution < 1.29 is 4.52 Å². The largest absolute Gasteiger partial charge is 0.337 e. The third-order valence-corrected chi connectivity index (χ3v) is 2.22. The normalized spacial score (nSPS) is 12.0. The van der Waals surface area contributed by atoms with Gasteiger partial charge in [0, 0.05) is 0 Å². The zero-order chi connectivity index (χ0) is 9.19. The number of nitrogens with two attached hydrogens (primary N) is 1. The van der Waals surface area contributed by atoms with E-state index < -0.39 is 5.54 Å². The average Bonchev–Trinajstić information content (AvgIpc) is 2.51. The van der Waals surface area contributed by atoms with Crippen LogP contribution in [0.25, 0.3) is 0 Å². The van der Waals surface area contributed by atoms with Gasteiger partial charge in [-0.15, -0.1) is 0 Å². The first-order valence-electron chi connectivity index (χ1n) is 4.22. The van der Waals surface area contributed by atoms with Gasteiger partial charge in [0.05, 0.1) is 5.54 Å². The van der Waals surface area contributed by atoms with Crippen molar-refractivity contribution in [1.82, 2.24) is 10.1 Å². The molecule has 4 heteroatoms. The first kappa shape index (κ1) is 9.19. The highest BCUT2D eigenvalue weighted by Gasteiger charge is 2.29. The van der Waals surface area contributed by atoms with E-state index in [9.17, 15) is 0 Å². The van der Waals surface area contributed by atoms with Crippen LogP contribution in [0.2, 0.25) is 0 Å². The minimum Gasteiger partial charge on any atom is -0.337 e. The summed E-state index contributed by atoms with van der Waals surface area (Å²) in [6, 6.07) is 0. The fourth-order valence-corrected chi connectivity index (χ4v) is 1.05. The quantitative estimate of drug-likeness (QED) is 0.741. The van der Waals surface area contributed by atoms with Crippen molar-refractivity contribution in [3.05, 3.63) is 11.7 Å². The molecular formula is C8H15N3O. The molecule has 0 bridgehead atoms. The molecule has 0 saturated heterocycles. The molecule has 0 amide bonds. The summed E-state index contributed by atoms with van der Waals surface area (Å²) in [4.78, 5) is 4.12. The minimum atomic E-state index is -0.443. The molecule has 0 aromatic carbocycles. The smallest absolute Gasteiger partial charge is 0.246 e. The Balaban J connectivity index is 2.94. The molecule has 0 aliphatic carbocycles. The van der Waals surface area contributed by atoms with Crippen molar-refractivity contribution in [2.75, 3.05) is 0 Å². The second-order valence-electron chi connectivity index (χ2n) is 3.01. The summed E-state index contributed by atoms with van der Waals surface area (Å²) in [6.07, 6.45) is 1.62. The summed E-state index contributed by atoms with van der Waals surface area (Å²) in [7, 11) is 0. The first-order chi connectivity index (χ1) is 5.62. The second-order valence-corrected chi connectivity index (χ2v) is 3.01. The van der Waals surface area contributed by atoms with Crippen LogP contribution in [0.5, 0.6) is 0 Å². The molecule has 1 rings (SSSR count). The van der Waals surface area contributed by atoms with Crippen molar-refractivity contribution in [3.8, 4) is 0 Å². The highest BCUT2D eigenvalue weighted by Crippen LogP contribution is 2.23. The molecular weight excluding hydrogens is 154 g/mol. The molecule has 4 nitrogen and oxygen atoms in total. The lowest BCUT2D eigenvalue weighted by molar-refractivity contribution is 0.267. The lowest BCUT2D eigenvalue weighted by atomic mass is 9.94. The van der Waals surface area contributed by atoms with Gasteiger partial charge in [-0.3, -0.25) is 0 Å². The van der Waals surface area contributed by atoms with Crippen LogP contribution >= 0.6 is 0 Å².